The van der Waals surface area contributed by atoms with E-state index in [9.17, 15) is 9.18 Å². The second-order valence-corrected chi connectivity index (χ2v) is 10.1. The third-order valence-electron chi connectivity index (χ3n) is 5.85. The molecule has 0 saturated carbocycles. The highest BCUT2D eigenvalue weighted by Crippen LogP contribution is 2.36. The molecule has 1 aliphatic heterocycles. The Morgan fingerprint density at radius 1 is 0.868 bits per heavy atom. The van der Waals surface area contributed by atoms with Gasteiger partial charge in [-0.15, -0.1) is 0 Å². The maximum atomic E-state index is 13.6. The number of hydrogen-bond acceptors (Lipinski definition) is 4. The van der Waals surface area contributed by atoms with Crippen molar-refractivity contribution < 1.29 is 13.9 Å². The second kappa shape index (κ2) is 12.1. The van der Waals surface area contributed by atoms with Crippen molar-refractivity contribution in [2.75, 3.05) is 0 Å². The van der Waals surface area contributed by atoms with Crippen molar-refractivity contribution in [3.05, 3.63) is 141 Å². The number of benzene rings is 4. The Labute approximate surface area is 230 Å². The topological polar surface area (TPSA) is 41.9 Å². The van der Waals surface area contributed by atoms with E-state index >= 15 is 0 Å². The molecule has 0 aliphatic carbocycles. The quantitative estimate of drug-likeness (QED) is 0.214. The average molecular weight is 543 g/mol. The first-order valence-corrected chi connectivity index (χ1v) is 13.2. The van der Waals surface area contributed by atoms with Crippen LogP contribution in [-0.4, -0.2) is 16.0 Å². The number of ether oxygens (including phenoxy) is 1. The van der Waals surface area contributed by atoms with E-state index in [1.54, 1.807) is 41.3 Å². The number of rotatable bonds is 8. The monoisotopic (exact) mass is 542 g/mol. The molecule has 0 atom stereocenters. The number of carbonyl (C=O) groups excluding carboxylic acids is 1. The van der Waals surface area contributed by atoms with Crippen LogP contribution in [-0.2, 0) is 24.5 Å². The summed E-state index contributed by atoms with van der Waals surface area (Å²) in [5.41, 5.74) is 3.44. The van der Waals surface area contributed by atoms with Crippen LogP contribution in [0.15, 0.2) is 113 Å². The van der Waals surface area contributed by atoms with E-state index in [4.69, 9.17) is 21.3 Å². The summed E-state index contributed by atoms with van der Waals surface area (Å²) < 4.78 is 19.6. The zero-order valence-corrected chi connectivity index (χ0v) is 22.0. The van der Waals surface area contributed by atoms with Gasteiger partial charge in [0.2, 0.25) is 0 Å². The lowest BCUT2D eigenvalue weighted by atomic mass is 10.1. The molecule has 1 aliphatic rings. The number of amidine groups is 1. The Morgan fingerprint density at radius 3 is 2.32 bits per heavy atom. The van der Waals surface area contributed by atoms with Crippen molar-refractivity contribution in [2.24, 2.45) is 4.99 Å². The lowest BCUT2D eigenvalue weighted by molar-refractivity contribution is -0.122. The summed E-state index contributed by atoms with van der Waals surface area (Å²) in [4.78, 5) is 20.6. The van der Waals surface area contributed by atoms with Crippen LogP contribution in [0.25, 0.3) is 6.08 Å². The smallest absolute Gasteiger partial charge is 0.267 e. The van der Waals surface area contributed by atoms with Gasteiger partial charge in [-0.1, -0.05) is 84.4 Å². The van der Waals surface area contributed by atoms with Gasteiger partial charge < -0.3 is 4.74 Å². The molecule has 0 spiro atoms. The Morgan fingerprint density at radius 2 is 1.58 bits per heavy atom. The van der Waals surface area contributed by atoms with Gasteiger partial charge in [0.1, 0.15) is 18.2 Å². The minimum Gasteiger partial charge on any atom is -0.488 e. The van der Waals surface area contributed by atoms with Gasteiger partial charge in [0.05, 0.1) is 18.0 Å². The van der Waals surface area contributed by atoms with Crippen molar-refractivity contribution in [1.82, 2.24) is 4.90 Å². The fourth-order valence-corrected chi connectivity index (χ4v) is 5.11. The van der Waals surface area contributed by atoms with Crippen LogP contribution in [0.1, 0.15) is 22.3 Å². The first kappa shape index (κ1) is 25.8. The second-order valence-electron chi connectivity index (χ2n) is 8.67. The molecule has 1 fully saturated rings. The molecule has 4 aromatic rings. The van der Waals surface area contributed by atoms with Crippen LogP contribution in [0.3, 0.4) is 0 Å². The SMILES string of the molecule is O=C1/C(=C\c2cc(Cl)ccc2OCc2cccc(F)c2)SC(=NCc2ccccc2)N1Cc1ccccc1. The van der Waals surface area contributed by atoms with Crippen molar-refractivity contribution >= 4 is 40.5 Å². The summed E-state index contributed by atoms with van der Waals surface area (Å²) in [5.74, 6) is 0.0869. The molecule has 0 bridgehead atoms. The minimum absolute atomic E-state index is 0.137. The van der Waals surface area contributed by atoms with E-state index in [1.807, 2.05) is 60.7 Å². The van der Waals surface area contributed by atoms with Gasteiger partial charge in [0, 0.05) is 10.6 Å². The van der Waals surface area contributed by atoms with Crippen LogP contribution in [0.2, 0.25) is 5.02 Å². The largest absolute Gasteiger partial charge is 0.488 e. The predicted molar refractivity (Wildman–Crippen MR) is 152 cm³/mol. The number of hydrogen-bond donors (Lipinski definition) is 0. The summed E-state index contributed by atoms with van der Waals surface area (Å²) in [7, 11) is 0. The minimum atomic E-state index is -0.321. The number of amides is 1. The molecule has 1 saturated heterocycles. The summed E-state index contributed by atoms with van der Waals surface area (Å²) >= 11 is 7.63. The highest BCUT2D eigenvalue weighted by molar-refractivity contribution is 8.18. The van der Waals surface area contributed by atoms with Crippen LogP contribution >= 0.6 is 23.4 Å². The van der Waals surface area contributed by atoms with Crippen LogP contribution in [0, 0.1) is 5.82 Å². The Kier molecular flexibility index (Phi) is 8.22. The lowest BCUT2D eigenvalue weighted by Crippen LogP contribution is -2.28. The Hall–Kier alpha value is -3.87. The zero-order chi connectivity index (χ0) is 26.3. The maximum Gasteiger partial charge on any atom is 0.267 e. The first-order chi connectivity index (χ1) is 18.5. The molecule has 38 heavy (non-hydrogen) atoms. The van der Waals surface area contributed by atoms with Gasteiger partial charge in [-0.05, 0) is 64.9 Å². The molecule has 1 amide bonds. The summed E-state index contributed by atoms with van der Waals surface area (Å²) in [5, 5.41) is 1.16. The maximum absolute atomic E-state index is 13.6. The van der Waals surface area contributed by atoms with Crippen LogP contribution in [0.4, 0.5) is 4.39 Å². The number of aliphatic imine (C=N–C) groups is 1. The lowest BCUT2D eigenvalue weighted by Gasteiger charge is -2.15. The first-order valence-electron chi connectivity index (χ1n) is 12.1. The molecule has 4 aromatic carbocycles. The van der Waals surface area contributed by atoms with Gasteiger partial charge in [-0.2, -0.15) is 0 Å². The molecular formula is C31H24ClFN2O2S. The number of halogens is 2. The van der Waals surface area contributed by atoms with Gasteiger partial charge >= 0.3 is 0 Å². The van der Waals surface area contributed by atoms with E-state index < -0.39 is 0 Å². The fourth-order valence-electron chi connectivity index (χ4n) is 3.97. The zero-order valence-electron chi connectivity index (χ0n) is 20.4. The van der Waals surface area contributed by atoms with Gasteiger partial charge in [-0.25, -0.2) is 4.39 Å². The molecule has 190 valence electrons. The summed E-state index contributed by atoms with van der Waals surface area (Å²) in [6, 6.07) is 31.3. The standard InChI is InChI=1S/C31H24ClFN2O2S/c32-26-14-15-28(37-21-24-12-7-13-27(33)16-24)25(17-26)18-29-30(36)35(20-23-10-5-2-6-11-23)31(38-29)34-19-22-8-3-1-4-9-22/h1-18H,19-21H2/b29-18+,34-31?. The van der Waals surface area contributed by atoms with Crippen molar-refractivity contribution in [2.45, 2.75) is 19.7 Å². The number of thioether (sulfide) groups is 1. The molecule has 0 aromatic heterocycles. The third kappa shape index (κ3) is 6.52. The van der Waals surface area contributed by atoms with Crippen molar-refractivity contribution in [1.29, 1.82) is 0 Å². The summed E-state index contributed by atoms with van der Waals surface area (Å²) in [6.45, 7) is 1.06. The van der Waals surface area contributed by atoms with Crippen LogP contribution in [0.5, 0.6) is 5.75 Å². The third-order valence-corrected chi connectivity index (χ3v) is 7.13. The molecule has 7 heteroatoms. The number of carbonyl (C=O) groups is 1. The Balaban J connectivity index is 1.43. The van der Waals surface area contributed by atoms with Gasteiger partial charge in [0.15, 0.2) is 5.17 Å². The van der Waals surface area contributed by atoms with Crippen LogP contribution < -0.4 is 4.74 Å². The molecule has 5 rings (SSSR count). The average Bonchev–Trinajstić information content (AvgIpc) is 3.22. The number of nitrogens with zero attached hydrogens (tertiary/aromatic N) is 2. The van der Waals surface area contributed by atoms with Crippen molar-refractivity contribution in [3.8, 4) is 5.75 Å². The normalized spacial score (nSPS) is 15.4. The van der Waals surface area contributed by atoms with Gasteiger partial charge in [0.25, 0.3) is 5.91 Å². The highest BCUT2D eigenvalue weighted by atomic mass is 35.5. The molecule has 1 heterocycles. The highest BCUT2D eigenvalue weighted by Gasteiger charge is 2.33. The molecule has 4 nitrogen and oxygen atoms in total. The van der Waals surface area contributed by atoms with E-state index in [0.29, 0.717) is 45.1 Å². The predicted octanol–water partition coefficient (Wildman–Crippen LogP) is 7.73. The van der Waals surface area contributed by atoms with Gasteiger partial charge in [-0.3, -0.25) is 14.7 Å². The van der Waals surface area contributed by atoms with E-state index in [0.717, 1.165) is 11.1 Å². The molecule has 0 radical (unpaired) electrons. The summed E-state index contributed by atoms with van der Waals surface area (Å²) in [6.07, 6.45) is 1.78. The van der Waals surface area contributed by atoms with E-state index in [-0.39, 0.29) is 18.3 Å². The van der Waals surface area contributed by atoms with E-state index in [2.05, 4.69) is 0 Å². The molecule has 0 unspecified atom stereocenters. The molecule has 0 N–H and O–H groups in total. The molecular weight excluding hydrogens is 519 g/mol. The van der Waals surface area contributed by atoms with E-state index in [1.165, 1.54) is 23.9 Å². The Bertz CT molecular complexity index is 1490. The fraction of sp³-hybridized carbons (Fsp3) is 0.0968. The van der Waals surface area contributed by atoms with Crippen molar-refractivity contribution in [3.63, 3.8) is 0 Å².